The summed E-state index contributed by atoms with van der Waals surface area (Å²) in [7, 11) is -5.17. The lowest BCUT2D eigenvalue weighted by molar-refractivity contribution is -0.147. The maximum absolute atomic E-state index is 12.8. The van der Waals surface area contributed by atoms with E-state index in [9.17, 15) is 26.4 Å². The van der Waals surface area contributed by atoms with Gasteiger partial charge in [0.05, 0.1) is 29.3 Å². The molecule has 264 valence electrons. The Morgan fingerprint density at radius 2 is 0.902 bits per heavy atom. The number of sulfonamides is 2. The van der Waals surface area contributed by atoms with Gasteiger partial charge in [-0.3, -0.25) is 0 Å². The van der Waals surface area contributed by atoms with Crippen LogP contribution < -0.4 is 9.44 Å². The smallest absolute Gasteiger partial charge is 0.336 e. The van der Waals surface area contributed by atoms with E-state index < -0.39 is 43.1 Å². The zero-order valence-electron chi connectivity index (χ0n) is 26.9. The van der Waals surface area contributed by atoms with E-state index in [1.54, 1.807) is 48.8 Å². The van der Waals surface area contributed by atoms with Crippen LogP contribution in [0.4, 0.5) is 0 Å². The number of ether oxygens (including phenoxy) is 2. The van der Waals surface area contributed by atoms with Gasteiger partial charge in [-0.15, -0.1) is 23.2 Å². The third-order valence-corrected chi connectivity index (χ3v) is 11.7. The predicted molar refractivity (Wildman–Crippen MR) is 192 cm³/mol. The maximum Gasteiger partial charge on any atom is 0.336 e. The van der Waals surface area contributed by atoms with Gasteiger partial charge in [0.15, 0.2) is 11.1 Å². The topological polar surface area (TPSA) is 177 Å². The highest BCUT2D eigenvalue weighted by molar-refractivity contribution is 7.90. The summed E-state index contributed by atoms with van der Waals surface area (Å²) in [5, 5.41) is 1.70. The van der Waals surface area contributed by atoms with Crippen LogP contribution in [-0.2, 0) is 50.2 Å². The van der Waals surface area contributed by atoms with Gasteiger partial charge in [0, 0.05) is 56.5 Å². The van der Waals surface area contributed by atoms with Crippen molar-refractivity contribution in [1.82, 2.24) is 19.4 Å². The minimum absolute atomic E-state index is 0.0840. The van der Waals surface area contributed by atoms with Crippen LogP contribution in [-0.4, -0.2) is 58.3 Å². The number of carbonyl (C=O) groups is 2. The second-order valence-corrected chi connectivity index (χ2v) is 15.4. The number of hydrogen-bond donors (Lipinski definition) is 4. The Labute approximate surface area is 303 Å². The van der Waals surface area contributed by atoms with Crippen molar-refractivity contribution in [3.05, 3.63) is 132 Å². The van der Waals surface area contributed by atoms with Gasteiger partial charge in [-0.1, -0.05) is 72.8 Å². The first-order chi connectivity index (χ1) is 24.4. The molecule has 0 aliphatic carbocycles. The third-order valence-electron chi connectivity index (χ3n) is 8.71. The summed E-state index contributed by atoms with van der Waals surface area (Å²) >= 11 is 9.53. The highest BCUT2D eigenvalue weighted by atomic mass is 35.5. The minimum Gasteiger partial charge on any atom is -0.467 e. The Morgan fingerprint density at radius 1 is 0.569 bits per heavy atom. The van der Waals surface area contributed by atoms with Gasteiger partial charge < -0.3 is 19.4 Å². The maximum atomic E-state index is 12.8. The van der Waals surface area contributed by atoms with Crippen molar-refractivity contribution >= 4 is 77.0 Å². The minimum atomic E-state index is -3.83. The summed E-state index contributed by atoms with van der Waals surface area (Å²) in [6.45, 7) is 0. The number of fused-ring (bicyclic) bond motifs is 4. The van der Waals surface area contributed by atoms with E-state index in [1.165, 1.54) is 26.4 Å². The van der Waals surface area contributed by atoms with Crippen LogP contribution in [0.5, 0.6) is 0 Å². The standard InChI is InChI=1S/2C17H14N2O4S.CH2Cl2/c2*1-23-16(20)17(13-10-18-14-8-4-2-6-11(13)14)12-7-3-5-9-15(12)24(21,22)19-17;2-1-3/h2*2-10,18-19H,1H3;1H2/t2*17-;/m11./s1. The Bertz CT molecular complexity index is 2350. The van der Waals surface area contributed by atoms with Crippen molar-refractivity contribution in [3.8, 4) is 0 Å². The molecular formula is C35H30Cl2N4O8S2. The van der Waals surface area contributed by atoms with Crippen molar-refractivity contribution in [3.63, 3.8) is 0 Å². The fourth-order valence-corrected chi connectivity index (χ4v) is 9.81. The van der Waals surface area contributed by atoms with E-state index in [4.69, 9.17) is 32.7 Å². The molecule has 0 unspecified atom stereocenters. The average molecular weight is 770 g/mol. The van der Waals surface area contributed by atoms with Crippen molar-refractivity contribution in [2.45, 2.75) is 20.9 Å². The van der Waals surface area contributed by atoms with Gasteiger partial charge in [0.25, 0.3) is 0 Å². The van der Waals surface area contributed by atoms with Gasteiger partial charge in [0.1, 0.15) is 0 Å². The Balaban J connectivity index is 0.000000163. The normalized spacial score (nSPS) is 20.6. The number of nitrogens with one attached hydrogen (secondary N) is 4. The first kappa shape index (κ1) is 36.1. The molecule has 51 heavy (non-hydrogen) atoms. The van der Waals surface area contributed by atoms with Gasteiger partial charge >= 0.3 is 11.9 Å². The summed E-state index contributed by atoms with van der Waals surface area (Å²) in [6, 6.07) is 27.7. The van der Waals surface area contributed by atoms with Crippen LogP contribution in [0.3, 0.4) is 0 Å². The van der Waals surface area contributed by atoms with E-state index in [0.29, 0.717) is 22.3 Å². The Morgan fingerprint density at radius 3 is 1.27 bits per heavy atom. The molecule has 0 saturated carbocycles. The molecular weight excluding hydrogens is 739 g/mol. The van der Waals surface area contributed by atoms with Crippen LogP contribution in [0.2, 0.25) is 0 Å². The molecule has 0 bridgehead atoms. The number of aromatic nitrogens is 2. The number of rotatable bonds is 4. The highest BCUT2D eigenvalue weighted by Crippen LogP contribution is 2.45. The summed E-state index contributed by atoms with van der Waals surface area (Å²) in [4.78, 5) is 31.9. The van der Waals surface area contributed by atoms with Crippen molar-refractivity contribution in [2.24, 2.45) is 0 Å². The number of benzene rings is 4. The molecule has 0 spiro atoms. The SMILES string of the molecule is COC(=O)[C@@]1(c2c[nH]c3ccccc23)NS(=O)(=O)c2ccccc21.COC(=O)[C@@]1(c2c[nH]c3ccccc23)NS(=O)(=O)c2ccccc21.ClCCl. The number of esters is 2. The molecule has 12 nitrogen and oxygen atoms in total. The molecule has 8 rings (SSSR count). The van der Waals surface area contributed by atoms with Gasteiger partial charge in [0.2, 0.25) is 20.0 Å². The number of aromatic amines is 2. The highest BCUT2D eigenvalue weighted by Gasteiger charge is 2.56. The number of halogens is 2. The largest absolute Gasteiger partial charge is 0.467 e. The molecule has 2 aromatic heterocycles. The Hall–Kier alpha value is -4.70. The number of alkyl halides is 2. The number of H-pyrrole nitrogens is 2. The second kappa shape index (κ2) is 13.8. The van der Waals surface area contributed by atoms with Crippen LogP contribution in [0.1, 0.15) is 22.3 Å². The zero-order chi connectivity index (χ0) is 36.6. The van der Waals surface area contributed by atoms with Crippen molar-refractivity contribution in [1.29, 1.82) is 0 Å². The second-order valence-electron chi connectivity index (χ2n) is 11.3. The lowest BCUT2D eigenvalue weighted by atomic mass is 9.83. The van der Waals surface area contributed by atoms with E-state index in [0.717, 1.165) is 21.8 Å². The molecule has 2 aliphatic heterocycles. The first-order valence-corrected chi connectivity index (χ1v) is 19.2. The predicted octanol–water partition coefficient (Wildman–Crippen LogP) is 5.17. The van der Waals surface area contributed by atoms with E-state index in [2.05, 4.69) is 19.4 Å². The summed E-state index contributed by atoms with van der Waals surface area (Å²) < 4.78 is 65.4. The molecule has 0 fully saturated rings. The van der Waals surface area contributed by atoms with Crippen LogP contribution in [0.25, 0.3) is 21.8 Å². The molecule has 0 amide bonds. The van der Waals surface area contributed by atoms with Gasteiger partial charge in [-0.05, 0) is 24.3 Å². The van der Waals surface area contributed by atoms with Gasteiger partial charge in [-0.25, -0.2) is 26.4 Å². The molecule has 4 aromatic carbocycles. The van der Waals surface area contributed by atoms with Crippen molar-refractivity contribution < 1.29 is 35.9 Å². The number of para-hydroxylation sites is 2. The molecule has 2 aliphatic rings. The number of hydrogen-bond acceptors (Lipinski definition) is 8. The third kappa shape index (κ3) is 5.77. The molecule has 2 atom stereocenters. The lowest BCUT2D eigenvalue weighted by Gasteiger charge is -2.26. The quantitative estimate of drug-likeness (QED) is 0.140. The summed E-state index contributed by atoms with van der Waals surface area (Å²) in [5.41, 5.74) is 0.145. The van der Waals surface area contributed by atoms with Crippen LogP contribution >= 0.6 is 23.2 Å². The molecule has 0 saturated heterocycles. The van der Waals surface area contributed by atoms with Crippen LogP contribution in [0, 0.1) is 0 Å². The first-order valence-electron chi connectivity index (χ1n) is 15.1. The fourth-order valence-electron chi connectivity index (χ4n) is 6.64. The molecule has 4 N–H and O–H groups in total. The van der Waals surface area contributed by atoms with Crippen molar-refractivity contribution in [2.75, 3.05) is 19.6 Å². The van der Waals surface area contributed by atoms with E-state index in [1.807, 2.05) is 48.5 Å². The number of carbonyl (C=O) groups excluding carboxylic acids is 2. The zero-order valence-corrected chi connectivity index (χ0v) is 30.1. The summed E-state index contributed by atoms with van der Waals surface area (Å²) in [5.74, 6) is -1.36. The average Bonchev–Trinajstić information content (AvgIpc) is 3.88. The monoisotopic (exact) mass is 768 g/mol. The van der Waals surface area contributed by atoms with E-state index in [-0.39, 0.29) is 15.1 Å². The molecule has 6 aromatic rings. The summed E-state index contributed by atoms with van der Waals surface area (Å²) in [6.07, 6.45) is 3.29. The van der Waals surface area contributed by atoms with Crippen LogP contribution in [0.15, 0.2) is 119 Å². The molecule has 16 heteroatoms. The molecule has 0 radical (unpaired) electrons. The molecule has 4 heterocycles. The van der Waals surface area contributed by atoms with Gasteiger partial charge in [-0.2, -0.15) is 9.44 Å². The number of methoxy groups -OCH3 is 2. The van der Waals surface area contributed by atoms with E-state index >= 15 is 0 Å². The lowest BCUT2D eigenvalue weighted by Crippen LogP contribution is -2.48. The Kier molecular flexibility index (Phi) is 9.76. The fraction of sp³-hybridized carbons (Fsp3) is 0.143.